The average molecular weight is 157 g/mol. The smallest absolute Gasteiger partial charge is 0.310 e. The molecule has 0 unspecified atom stereocenters. The van der Waals surface area contributed by atoms with Crippen LogP contribution in [0.3, 0.4) is 0 Å². The third-order valence-corrected chi connectivity index (χ3v) is 1.43. The lowest BCUT2D eigenvalue weighted by atomic mass is 10.5. The molecule has 1 aliphatic rings. The molecule has 1 heterocycles. The zero-order valence-electron chi connectivity index (χ0n) is 7.29. The Morgan fingerprint density at radius 1 is 1.73 bits per heavy atom. The summed E-state index contributed by atoms with van der Waals surface area (Å²) in [7, 11) is 0. The molecule has 0 bridgehead atoms. The fraction of sp³-hybridized carbons (Fsp3) is 0.857. The summed E-state index contributed by atoms with van der Waals surface area (Å²) in [5, 5.41) is 4.00. The number of hydrogen-bond acceptors (Lipinski definition) is 4. The molecule has 0 aromatic rings. The Hall–Kier alpha value is -0.930. The monoisotopic (exact) mass is 157 g/mol. The first-order valence-corrected chi connectivity index (χ1v) is 3.96. The second-order valence-electron chi connectivity index (χ2n) is 2.73. The second kappa shape index (κ2) is 3.46. The maximum Gasteiger partial charge on any atom is 0.310 e. The number of rotatable bonds is 2. The Morgan fingerprint density at radius 3 is 3.00 bits per heavy atom. The molecule has 0 aromatic heterocycles. The van der Waals surface area contributed by atoms with Gasteiger partial charge in [-0.2, -0.15) is 0 Å². The van der Waals surface area contributed by atoms with Gasteiger partial charge in [0.1, 0.15) is 6.67 Å². The van der Waals surface area contributed by atoms with Gasteiger partial charge in [-0.25, -0.2) is 0 Å². The SMILES string of the molecule is CCN1CNN=C1OC(C)C. The van der Waals surface area contributed by atoms with Gasteiger partial charge >= 0.3 is 6.02 Å². The van der Waals surface area contributed by atoms with E-state index < -0.39 is 0 Å². The molecule has 0 aromatic carbocycles. The molecule has 11 heavy (non-hydrogen) atoms. The Kier molecular flexibility index (Phi) is 2.57. The molecule has 4 nitrogen and oxygen atoms in total. The normalized spacial score (nSPS) is 16.7. The summed E-state index contributed by atoms with van der Waals surface area (Å²) in [6.07, 6.45) is 0.197. The molecule has 4 heteroatoms. The van der Waals surface area contributed by atoms with Gasteiger partial charge in [0.25, 0.3) is 0 Å². The maximum absolute atomic E-state index is 5.43. The van der Waals surface area contributed by atoms with E-state index in [2.05, 4.69) is 17.5 Å². The van der Waals surface area contributed by atoms with Crippen molar-refractivity contribution in [3.63, 3.8) is 0 Å². The van der Waals surface area contributed by atoms with Gasteiger partial charge in [0.2, 0.25) is 0 Å². The number of amidine groups is 1. The van der Waals surface area contributed by atoms with Crippen LogP contribution >= 0.6 is 0 Å². The quantitative estimate of drug-likeness (QED) is 0.636. The van der Waals surface area contributed by atoms with Crippen LogP contribution in [0.1, 0.15) is 20.8 Å². The molecule has 0 aliphatic carbocycles. The first kappa shape index (κ1) is 8.17. The van der Waals surface area contributed by atoms with Crippen LogP contribution in [-0.2, 0) is 4.74 Å². The van der Waals surface area contributed by atoms with Crippen molar-refractivity contribution in [1.29, 1.82) is 0 Å². The van der Waals surface area contributed by atoms with Gasteiger partial charge in [0.05, 0.1) is 6.10 Å². The summed E-state index contributed by atoms with van der Waals surface area (Å²) >= 11 is 0. The van der Waals surface area contributed by atoms with Crippen molar-refractivity contribution in [1.82, 2.24) is 10.3 Å². The van der Waals surface area contributed by atoms with Crippen LogP contribution in [0.25, 0.3) is 0 Å². The Labute approximate surface area is 67.2 Å². The van der Waals surface area contributed by atoms with Crippen LogP contribution in [0.4, 0.5) is 0 Å². The fourth-order valence-corrected chi connectivity index (χ4v) is 0.885. The highest BCUT2D eigenvalue weighted by molar-refractivity contribution is 5.74. The van der Waals surface area contributed by atoms with Crippen LogP contribution in [0.5, 0.6) is 0 Å². The Bertz CT molecular complexity index is 156. The van der Waals surface area contributed by atoms with Gasteiger partial charge in [0, 0.05) is 6.54 Å². The molecule has 0 spiro atoms. The second-order valence-corrected chi connectivity index (χ2v) is 2.73. The topological polar surface area (TPSA) is 36.9 Å². The van der Waals surface area contributed by atoms with Gasteiger partial charge in [-0.1, -0.05) is 0 Å². The third kappa shape index (κ3) is 2.00. The van der Waals surface area contributed by atoms with E-state index in [0.29, 0.717) is 6.02 Å². The summed E-state index contributed by atoms with van der Waals surface area (Å²) in [5.74, 6) is 0. The molecule has 0 radical (unpaired) electrons. The molecular formula is C7H15N3O. The van der Waals surface area contributed by atoms with E-state index in [-0.39, 0.29) is 6.10 Å². The summed E-state index contributed by atoms with van der Waals surface area (Å²) in [6, 6.07) is 0.711. The minimum absolute atomic E-state index is 0.197. The molecular weight excluding hydrogens is 142 g/mol. The van der Waals surface area contributed by atoms with Crippen LogP contribution < -0.4 is 5.43 Å². The predicted octanol–water partition coefficient (Wildman–Crippen LogP) is 0.565. The van der Waals surface area contributed by atoms with E-state index in [4.69, 9.17) is 4.74 Å². The van der Waals surface area contributed by atoms with E-state index in [0.717, 1.165) is 13.2 Å². The van der Waals surface area contributed by atoms with Crippen LogP contribution in [-0.4, -0.2) is 30.2 Å². The van der Waals surface area contributed by atoms with Gasteiger partial charge in [-0.3, -0.25) is 5.43 Å². The summed E-state index contributed by atoms with van der Waals surface area (Å²) < 4.78 is 5.43. The fourth-order valence-electron chi connectivity index (χ4n) is 0.885. The summed E-state index contributed by atoms with van der Waals surface area (Å²) in [4.78, 5) is 2.04. The highest BCUT2D eigenvalue weighted by Gasteiger charge is 2.16. The lowest BCUT2D eigenvalue weighted by Gasteiger charge is -2.17. The number of hydrazone groups is 1. The first-order chi connectivity index (χ1) is 5.24. The molecule has 64 valence electrons. The summed E-state index contributed by atoms with van der Waals surface area (Å²) in [5.41, 5.74) is 2.87. The minimum atomic E-state index is 0.197. The van der Waals surface area contributed by atoms with E-state index in [9.17, 15) is 0 Å². The van der Waals surface area contributed by atoms with Gasteiger partial charge in [0.15, 0.2) is 0 Å². The standard InChI is InChI=1S/C7H15N3O/c1-4-10-5-8-9-7(10)11-6(2)3/h6,8H,4-5H2,1-3H3. The lowest BCUT2D eigenvalue weighted by molar-refractivity contribution is 0.188. The molecule has 1 rings (SSSR count). The van der Waals surface area contributed by atoms with Crippen molar-refractivity contribution >= 4 is 6.02 Å². The highest BCUT2D eigenvalue weighted by Crippen LogP contribution is 2.01. The van der Waals surface area contributed by atoms with E-state index in [1.807, 2.05) is 18.7 Å². The molecule has 0 amide bonds. The first-order valence-electron chi connectivity index (χ1n) is 3.96. The van der Waals surface area contributed by atoms with Crippen molar-refractivity contribution in [3.05, 3.63) is 0 Å². The maximum atomic E-state index is 5.43. The van der Waals surface area contributed by atoms with E-state index >= 15 is 0 Å². The molecule has 1 N–H and O–H groups in total. The molecule has 0 saturated heterocycles. The molecule has 0 atom stereocenters. The van der Waals surface area contributed by atoms with Gasteiger partial charge in [-0.15, -0.1) is 5.10 Å². The number of nitrogens with one attached hydrogen (secondary N) is 1. The molecule has 1 aliphatic heterocycles. The van der Waals surface area contributed by atoms with Crippen LogP contribution in [0, 0.1) is 0 Å². The molecule has 0 saturated carbocycles. The number of hydrogen-bond donors (Lipinski definition) is 1. The Morgan fingerprint density at radius 2 is 2.45 bits per heavy atom. The van der Waals surface area contributed by atoms with Gasteiger partial charge < -0.3 is 9.64 Å². The van der Waals surface area contributed by atoms with Crippen LogP contribution in [0.2, 0.25) is 0 Å². The Balaban J connectivity index is 2.43. The largest absolute Gasteiger partial charge is 0.461 e. The van der Waals surface area contributed by atoms with Crippen molar-refractivity contribution in [3.8, 4) is 0 Å². The number of ether oxygens (including phenoxy) is 1. The number of nitrogens with zero attached hydrogens (tertiary/aromatic N) is 2. The highest BCUT2D eigenvalue weighted by atomic mass is 16.5. The van der Waals surface area contributed by atoms with E-state index in [1.54, 1.807) is 0 Å². The zero-order valence-corrected chi connectivity index (χ0v) is 7.29. The van der Waals surface area contributed by atoms with E-state index in [1.165, 1.54) is 0 Å². The lowest BCUT2D eigenvalue weighted by Crippen LogP contribution is -2.32. The minimum Gasteiger partial charge on any atom is -0.461 e. The van der Waals surface area contributed by atoms with Crippen molar-refractivity contribution in [2.45, 2.75) is 26.9 Å². The summed E-state index contributed by atoms with van der Waals surface area (Å²) in [6.45, 7) is 7.76. The average Bonchev–Trinajstić information content (AvgIpc) is 2.34. The van der Waals surface area contributed by atoms with Crippen molar-refractivity contribution in [2.75, 3.05) is 13.2 Å². The van der Waals surface area contributed by atoms with Crippen molar-refractivity contribution in [2.24, 2.45) is 5.10 Å². The molecule has 0 fully saturated rings. The predicted molar refractivity (Wildman–Crippen MR) is 44.0 cm³/mol. The van der Waals surface area contributed by atoms with Gasteiger partial charge in [-0.05, 0) is 20.8 Å². The third-order valence-electron chi connectivity index (χ3n) is 1.43. The van der Waals surface area contributed by atoms with Crippen molar-refractivity contribution < 1.29 is 4.74 Å². The zero-order chi connectivity index (χ0) is 8.27. The van der Waals surface area contributed by atoms with Crippen LogP contribution in [0.15, 0.2) is 5.10 Å².